The summed E-state index contributed by atoms with van der Waals surface area (Å²) in [5.74, 6) is 0.520. The molecule has 0 aromatic rings. The van der Waals surface area contributed by atoms with Crippen LogP contribution < -0.4 is 5.32 Å². The van der Waals surface area contributed by atoms with E-state index in [0.29, 0.717) is 25.3 Å². The Morgan fingerprint density at radius 2 is 2.62 bits per heavy atom. The Labute approximate surface area is 77.1 Å². The summed E-state index contributed by atoms with van der Waals surface area (Å²) in [7, 11) is 1.56. The summed E-state index contributed by atoms with van der Waals surface area (Å²) in [4.78, 5) is 16.0. The van der Waals surface area contributed by atoms with Crippen LogP contribution >= 0.6 is 0 Å². The molecular weight excluding hydrogens is 172 g/mol. The molecule has 0 saturated carbocycles. The molecule has 0 aromatic carbocycles. The van der Waals surface area contributed by atoms with Crippen molar-refractivity contribution in [2.45, 2.75) is 25.9 Å². The number of hydrogen-bond acceptors (Lipinski definition) is 4. The highest BCUT2D eigenvalue weighted by Gasteiger charge is 2.17. The lowest BCUT2D eigenvalue weighted by Gasteiger charge is -2.01. The van der Waals surface area contributed by atoms with E-state index < -0.39 is 0 Å². The smallest absolute Gasteiger partial charge is 0.227 e. The second-order valence-electron chi connectivity index (χ2n) is 2.95. The molecule has 0 fully saturated rings. The van der Waals surface area contributed by atoms with Gasteiger partial charge in [0.1, 0.15) is 6.10 Å². The zero-order chi connectivity index (χ0) is 9.68. The topological polar surface area (TPSA) is 59.9 Å². The van der Waals surface area contributed by atoms with Gasteiger partial charge in [-0.05, 0) is 6.92 Å². The number of oxime groups is 1. The molecular formula is C8H14N2O3. The van der Waals surface area contributed by atoms with Crippen LogP contribution in [-0.2, 0) is 14.4 Å². The average Bonchev–Trinajstić information content (AvgIpc) is 2.48. The largest absolute Gasteiger partial charge is 0.391 e. The predicted molar refractivity (Wildman–Crippen MR) is 47.2 cm³/mol. The van der Waals surface area contributed by atoms with E-state index in [1.807, 2.05) is 6.92 Å². The molecule has 0 radical (unpaired) electrons. The fraction of sp³-hybridized carbons (Fsp3) is 0.750. The number of nitrogens with zero attached hydrogens (tertiary/aromatic N) is 1. The lowest BCUT2D eigenvalue weighted by atomic mass is 10.3. The Balaban J connectivity index is 2.21. The molecule has 5 nitrogen and oxygen atoms in total. The summed E-state index contributed by atoms with van der Waals surface area (Å²) in [6, 6.07) is 0. The first-order valence-electron chi connectivity index (χ1n) is 4.24. The van der Waals surface area contributed by atoms with Gasteiger partial charge in [-0.3, -0.25) is 4.79 Å². The third-order valence-corrected chi connectivity index (χ3v) is 1.64. The molecule has 5 heteroatoms. The maximum atomic E-state index is 11.1. The molecule has 1 aliphatic heterocycles. The van der Waals surface area contributed by atoms with Gasteiger partial charge < -0.3 is 14.9 Å². The summed E-state index contributed by atoms with van der Waals surface area (Å²) in [5, 5.41) is 6.36. The molecule has 0 aliphatic carbocycles. The van der Waals surface area contributed by atoms with Gasteiger partial charge in [-0.25, -0.2) is 0 Å². The standard InChI is InChI=1S/C8H14N2O3/c1-6-5-7(10-13-6)9-8(11)3-4-12-2/h6H,3-5H2,1-2H3,(H,9,10,11). The zero-order valence-electron chi connectivity index (χ0n) is 7.87. The van der Waals surface area contributed by atoms with E-state index in [0.717, 1.165) is 0 Å². The van der Waals surface area contributed by atoms with Crippen molar-refractivity contribution in [1.82, 2.24) is 5.32 Å². The molecule has 1 atom stereocenters. The van der Waals surface area contributed by atoms with Crippen molar-refractivity contribution in [3.05, 3.63) is 0 Å². The average molecular weight is 186 g/mol. The molecule has 1 heterocycles. The van der Waals surface area contributed by atoms with Crippen LogP contribution in [0.5, 0.6) is 0 Å². The van der Waals surface area contributed by atoms with Crippen LogP contribution in [0, 0.1) is 0 Å². The lowest BCUT2D eigenvalue weighted by Crippen LogP contribution is -2.30. The molecule has 1 N–H and O–H groups in total. The van der Waals surface area contributed by atoms with Crippen molar-refractivity contribution in [3.63, 3.8) is 0 Å². The van der Waals surface area contributed by atoms with E-state index in [1.165, 1.54) is 0 Å². The molecule has 1 unspecified atom stereocenters. The summed E-state index contributed by atoms with van der Waals surface area (Å²) in [6.07, 6.45) is 1.08. The first-order chi connectivity index (χ1) is 6.22. The monoisotopic (exact) mass is 186 g/mol. The second kappa shape index (κ2) is 4.81. The van der Waals surface area contributed by atoms with Gasteiger partial charge in [-0.1, -0.05) is 5.16 Å². The lowest BCUT2D eigenvalue weighted by molar-refractivity contribution is -0.120. The molecule has 0 aromatic heterocycles. The molecule has 1 amide bonds. The normalized spacial score (nSPS) is 20.8. The van der Waals surface area contributed by atoms with E-state index in [1.54, 1.807) is 7.11 Å². The third kappa shape index (κ3) is 3.42. The Kier molecular flexibility index (Phi) is 3.70. The number of carbonyl (C=O) groups is 1. The quantitative estimate of drug-likeness (QED) is 0.687. The third-order valence-electron chi connectivity index (χ3n) is 1.64. The fourth-order valence-corrected chi connectivity index (χ4v) is 0.992. The van der Waals surface area contributed by atoms with Crippen LogP contribution in [0.2, 0.25) is 0 Å². The van der Waals surface area contributed by atoms with Crippen molar-refractivity contribution in [1.29, 1.82) is 0 Å². The van der Waals surface area contributed by atoms with Crippen molar-refractivity contribution >= 4 is 11.7 Å². The maximum Gasteiger partial charge on any atom is 0.227 e. The summed E-state index contributed by atoms with van der Waals surface area (Å²) < 4.78 is 4.77. The van der Waals surface area contributed by atoms with Gasteiger partial charge in [0.25, 0.3) is 0 Å². The van der Waals surface area contributed by atoms with Gasteiger partial charge in [0.15, 0.2) is 5.84 Å². The molecule has 74 valence electrons. The van der Waals surface area contributed by atoms with Crippen LogP contribution in [0.3, 0.4) is 0 Å². The van der Waals surface area contributed by atoms with Crippen LogP contribution in [0.25, 0.3) is 0 Å². The minimum absolute atomic E-state index is 0.0673. The van der Waals surface area contributed by atoms with E-state index in [2.05, 4.69) is 10.5 Å². The summed E-state index contributed by atoms with van der Waals surface area (Å²) in [6.45, 7) is 2.33. The van der Waals surface area contributed by atoms with Crippen molar-refractivity contribution in [3.8, 4) is 0 Å². The maximum absolute atomic E-state index is 11.1. The molecule has 0 bridgehead atoms. The van der Waals surface area contributed by atoms with E-state index in [9.17, 15) is 4.79 Å². The van der Waals surface area contributed by atoms with Crippen molar-refractivity contribution in [2.24, 2.45) is 5.16 Å². The number of amides is 1. The minimum Gasteiger partial charge on any atom is -0.391 e. The number of amidine groups is 1. The SMILES string of the molecule is COCCC(=O)NC1=NOC(C)C1. The number of ether oxygens (including phenoxy) is 1. The Morgan fingerprint density at radius 1 is 1.85 bits per heavy atom. The van der Waals surface area contributed by atoms with Gasteiger partial charge in [0.2, 0.25) is 5.91 Å². The van der Waals surface area contributed by atoms with E-state index in [4.69, 9.17) is 9.57 Å². The highest BCUT2D eigenvalue weighted by Crippen LogP contribution is 2.07. The van der Waals surface area contributed by atoms with E-state index >= 15 is 0 Å². The van der Waals surface area contributed by atoms with Crippen LogP contribution in [0.4, 0.5) is 0 Å². The van der Waals surface area contributed by atoms with Crippen molar-refractivity contribution in [2.75, 3.05) is 13.7 Å². The number of hydrogen-bond donors (Lipinski definition) is 1. The molecule has 1 aliphatic rings. The molecule has 13 heavy (non-hydrogen) atoms. The molecule has 0 saturated heterocycles. The number of carbonyl (C=O) groups excluding carboxylic acids is 1. The molecule has 1 rings (SSSR count). The number of rotatable bonds is 3. The highest BCUT2D eigenvalue weighted by molar-refractivity contribution is 5.98. The van der Waals surface area contributed by atoms with Crippen molar-refractivity contribution < 1.29 is 14.4 Å². The first kappa shape index (κ1) is 9.98. The zero-order valence-corrected chi connectivity index (χ0v) is 7.87. The fourth-order valence-electron chi connectivity index (χ4n) is 0.992. The highest BCUT2D eigenvalue weighted by atomic mass is 16.6. The van der Waals surface area contributed by atoms with Gasteiger partial charge >= 0.3 is 0 Å². The van der Waals surface area contributed by atoms with Crippen LogP contribution in [-0.4, -0.2) is 31.6 Å². The second-order valence-corrected chi connectivity index (χ2v) is 2.95. The van der Waals surface area contributed by atoms with Gasteiger partial charge in [0.05, 0.1) is 13.0 Å². The molecule has 0 spiro atoms. The Bertz CT molecular complexity index is 215. The Hall–Kier alpha value is -1.10. The minimum atomic E-state index is -0.0849. The van der Waals surface area contributed by atoms with E-state index in [-0.39, 0.29) is 12.0 Å². The summed E-state index contributed by atoms with van der Waals surface area (Å²) >= 11 is 0. The predicted octanol–water partition coefficient (Wildman–Crippen LogP) is 0.261. The number of nitrogens with one attached hydrogen (secondary N) is 1. The summed E-state index contributed by atoms with van der Waals surface area (Å²) in [5.41, 5.74) is 0. The van der Waals surface area contributed by atoms with Gasteiger partial charge in [-0.2, -0.15) is 0 Å². The van der Waals surface area contributed by atoms with Gasteiger partial charge in [-0.15, -0.1) is 0 Å². The first-order valence-corrected chi connectivity index (χ1v) is 4.24. The van der Waals surface area contributed by atoms with Crippen LogP contribution in [0.1, 0.15) is 19.8 Å². The Morgan fingerprint density at radius 3 is 3.15 bits per heavy atom. The van der Waals surface area contributed by atoms with Crippen LogP contribution in [0.15, 0.2) is 5.16 Å². The van der Waals surface area contributed by atoms with Gasteiger partial charge in [0, 0.05) is 13.5 Å². The number of methoxy groups -OCH3 is 1.